The smallest absolute Gasteiger partial charge is 0.250 e. The first kappa shape index (κ1) is 15.4. The van der Waals surface area contributed by atoms with Gasteiger partial charge in [0.25, 0.3) is 0 Å². The van der Waals surface area contributed by atoms with Crippen molar-refractivity contribution in [1.82, 2.24) is 10.6 Å². The third-order valence-corrected chi connectivity index (χ3v) is 3.53. The molecule has 4 nitrogen and oxygen atoms in total. The Balaban J connectivity index is 2.30. The van der Waals surface area contributed by atoms with Crippen LogP contribution in [0.4, 0.5) is 0 Å². The van der Waals surface area contributed by atoms with Gasteiger partial charge in [0.15, 0.2) is 0 Å². The fourth-order valence-corrected chi connectivity index (χ4v) is 2.37. The molecule has 1 amide bonds. The molecule has 0 radical (unpaired) electrons. The first-order valence-corrected chi connectivity index (χ1v) is 7.22. The van der Waals surface area contributed by atoms with Crippen LogP contribution in [0.15, 0.2) is 0 Å². The van der Waals surface area contributed by atoms with Crippen molar-refractivity contribution < 1.29 is 9.90 Å². The molecule has 1 aliphatic carbocycles. The molecule has 0 saturated heterocycles. The van der Waals surface area contributed by atoms with E-state index in [0.29, 0.717) is 18.5 Å². The SMILES string of the molecule is CC(C)CNC(=O)C(O)C(C)NC1CCCCC1. The topological polar surface area (TPSA) is 61.4 Å². The number of nitrogens with one attached hydrogen (secondary N) is 2. The number of aliphatic hydroxyl groups excluding tert-OH is 1. The summed E-state index contributed by atoms with van der Waals surface area (Å²) in [5, 5.41) is 16.1. The van der Waals surface area contributed by atoms with Crippen LogP contribution in [-0.4, -0.2) is 35.7 Å². The van der Waals surface area contributed by atoms with E-state index in [1.54, 1.807) is 0 Å². The molecule has 1 saturated carbocycles. The number of hydrogen-bond acceptors (Lipinski definition) is 3. The summed E-state index contributed by atoms with van der Waals surface area (Å²) in [7, 11) is 0. The minimum atomic E-state index is -0.953. The van der Waals surface area contributed by atoms with E-state index in [-0.39, 0.29) is 11.9 Å². The van der Waals surface area contributed by atoms with Gasteiger partial charge in [0, 0.05) is 18.6 Å². The number of amides is 1. The lowest BCUT2D eigenvalue weighted by molar-refractivity contribution is -0.130. The van der Waals surface area contributed by atoms with Crippen LogP contribution in [0.2, 0.25) is 0 Å². The molecule has 0 aromatic rings. The molecule has 0 aliphatic heterocycles. The third-order valence-electron chi connectivity index (χ3n) is 3.53. The van der Waals surface area contributed by atoms with Crippen molar-refractivity contribution >= 4 is 5.91 Å². The number of carbonyl (C=O) groups is 1. The standard InChI is InChI=1S/C14H28N2O2/c1-10(2)9-15-14(18)13(17)11(3)16-12-7-5-4-6-8-12/h10-13,16-17H,4-9H2,1-3H3,(H,15,18). The quantitative estimate of drug-likeness (QED) is 0.674. The maximum absolute atomic E-state index is 11.7. The van der Waals surface area contributed by atoms with E-state index in [1.807, 2.05) is 20.8 Å². The van der Waals surface area contributed by atoms with E-state index in [0.717, 1.165) is 12.8 Å². The van der Waals surface area contributed by atoms with Crippen LogP contribution in [0.1, 0.15) is 52.9 Å². The summed E-state index contributed by atoms with van der Waals surface area (Å²) in [6.07, 6.45) is 5.17. The minimum absolute atomic E-state index is 0.180. The normalized spacial score (nSPS) is 20.7. The van der Waals surface area contributed by atoms with Gasteiger partial charge in [-0.2, -0.15) is 0 Å². The maximum atomic E-state index is 11.7. The van der Waals surface area contributed by atoms with Crippen molar-refractivity contribution in [3.8, 4) is 0 Å². The molecule has 0 aromatic carbocycles. The highest BCUT2D eigenvalue weighted by Gasteiger charge is 2.25. The zero-order valence-electron chi connectivity index (χ0n) is 11.9. The first-order chi connectivity index (χ1) is 8.50. The molecule has 3 N–H and O–H groups in total. The Bertz CT molecular complexity index is 250. The van der Waals surface area contributed by atoms with Gasteiger partial charge in [0.1, 0.15) is 6.10 Å². The van der Waals surface area contributed by atoms with Gasteiger partial charge in [-0.3, -0.25) is 4.79 Å². The van der Waals surface area contributed by atoms with Crippen LogP contribution in [0.5, 0.6) is 0 Å². The van der Waals surface area contributed by atoms with Gasteiger partial charge in [-0.05, 0) is 25.7 Å². The second-order valence-electron chi connectivity index (χ2n) is 5.87. The molecule has 0 aromatic heterocycles. The Kier molecular flexibility index (Phi) is 6.65. The maximum Gasteiger partial charge on any atom is 0.250 e. The summed E-state index contributed by atoms with van der Waals surface area (Å²) in [6, 6.07) is 0.279. The first-order valence-electron chi connectivity index (χ1n) is 7.22. The monoisotopic (exact) mass is 256 g/mol. The molecular formula is C14H28N2O2. The third kappa shape index (κ3) is 5.36. The van der Waals surface area contributed by atoms with E-state index in [4.69, 9.17) is 0 Å². The van der Waals surface area contributed by atoms with Gasteiger partial charge >= 0.3 is 0 Å². The number of rotatable bonds is 6. The van der Waals surface area contributed by atoms with Gasteiger partial charge < -0.3 is 15.7 Å². The van der Waals surface area contributed by atoms with E-state index in [1.165, 1.54) is 19.3 Å². The predicted octanol–water partition coefficient (Wildman–Crippen LogP) is 1.43. The van der Waals surface area contributed by atoms with Crippen LogP contribution in [0, 0.1) is 5.92 Å². The zero-order valence-corrected chi connectivity index (χ0v) is 11.9. The summed E-state index contributed by atoms with van der Waals surface area (Å²) >= 11 is 0. The zero-order chi connectivity index (χ0) is 13.5. The van der Waals surface area contributed by atoms with Crippen LogP contribution in [0.3, 0.4) is 0 Å². The molecular weight excluding hydrogens is 228 g/mol. The van der Waals surface area contributed by atoms with Crippen LogP contribution >= 0.6 is 0 Å². The number of hydrogen-bond donors (Lipinski definition) is 3. The van der Waals surface area contributed by atoms with Gasteiger partial charge in [-0.25, -0.2) is 0 Å². The van der Waals surface area contributed by atoms with Crippen LogP contribution in [0.25, 0.3) is 0 Å². The lowest BCUT2D eigenvalue weighted by atomic mass is 9.94. The summed E-state index contributed by atoms with van der Waals surface area (Å²) in [4.78, 5) is 11.7. The fourth-order valence-electron chi connectivity index (χ4n) is 2.37. The molecule has 106 valence electrons. The molecule has 2 atom stereocenters. The molecule has 18 heavy (non-hydrogen) atoms. The predicted molar refractivity (Wildman–Crippen MR) is 73.3 cm³/mol. The highest BCUT2D eigenvalue weighted by molar-refractivity contribution is 5.81. The lowest BCUT2D eigenvalue weighted by Gasteiger charge is -2.28. The lowest BCUT2D eigenvalue weighted by Crippen LogP contribution is -2.51. The van der Waals surface area contributed by atoms with Crippen LogP contribution in [-0.2, 0) is 4.79 Å². The molecule has 1 fully saturated rings. The van der Waals surface area contributed by atoms with Crippen molar-refractivity contribution in [3.05, 3.63) is 0 Å². The second kappa shape index (κ2) is 7.74. The summed E-state index contributed by atoms with van der Waals surface area (Å²) < 4.78 is 0. The second-order valence-corrected chi connectivity index (χ2v) is 5.87. The number of aliphatic hydroxyl groups is 1. The average molecular weight is 256 g/mol. The Labute approximate surface area is 111 Å². The van der Waals surface area contributed by atoms with Crippen molar-refractivity contribution in [3.63, 3.8) is 0 Å². The molecule has 1 rings (SSSR count). The van der Waals surface area contributed by atoms with Gasteiger partial charge in [-0.15, -0.1) is 0 Å². The Hall–Kier alpha value is -0.610. The highest BCUT2D eigenvalue weighted by Crippen LogP contribution is 2.18. The largest absolute Gasteiger partial charge is 0.382 e. The molecule has 0 heterocycles. The molecule has 2 unspecified atom stereocenters. The molecule has 4 heteroatoms. The van der Waals surface area contributed by atoms with Crippen molar-refractivity contribution in [1.29, 1.82) is 0 Å². The van der Waals surface area contributed by atoms with Gasteiger partial charge in [-0.1, -0.05) is 33.1 Å². The van der Waals surface area contributed by atoms with E-state index >= 15 is 0 Å². The summed E-state index contributed by atoms with van der Waals surface area (Å²) in [6.45, 7) is 6.58. The van der Waals surface area contributed by atoms with Crippen molar-refractivity contribution in [2.24, 2.45) is 5.92 Å². The summed E-state index contributed by atoms with van der Waals surface area (Å²) in [5.41, 5.74) is 0. The van der Waals surface area contributed by atoms with Gasteiger partial charge in [0.05, 0.1) is 0 Å². The van der Waals surface area contributed by atoms with E-state index in [9.17, 15) is 9.90 Å². The molecule has 0 spiro atoms. The Morgan fingerprint density at radius 2 is 1.83 bits per heavy atom. The fraction of sp³-hybridized carbons (Fsp3) is 0.929. The average Bonchev–Trinajstić information content (AvgIpc) is 2.36. The van der Waals surface area contributed by atoms with Crippen molar-refractivity contribution in [2.45, 2.75) is 71.1 Å². The van der Waals surface area contributed by atoms with Crippen molar-refractivity contribution in [2.75, 3.05) is 6.54 Å². The number of carbonyl (C=O) groups excluding carboxylic acids is 1. The Morgan fingerprint density at radius 1 is 1.22 bits per heavy atom. The van der Waals surface area contributed by atoms with Gasteiger partial charge in [0.2, 0.25) is 5.91 Å². The van der Waals surface area contributed by atoms with Crippen LogP contribution < -0.4 is 10.6 Å². The van der Waals surface area contributed by atoms with E-state index in [2.05, 4.69) is 10.6 Å². The highest BCUT2D eigenvalue weighted by atomic mass is 16.3. The molecule has 1 aliphatic rings. The minimum Gasteiger partial charge on any atom is -0.382 e. The van der Waals surface area contributed by atoms with E-state index < -0.39 is 6.10 Å². The molecule has 0 bridgehead atoms. The Morgan fingerprint density at radius 3 is 2.39 bits per heavy atom. The summed E-state index contributed by atoms with van der Waals surface area (Å²) in [5.74, 6) is 0.141.